The molecule has 0 radical (unpaired) electrons. The quantitative estimate of drug-likeness (QED) is 0.751. The minimum atomic E-state index is 0.306. The van der Waals surface area contributed by atoms with Crippen molar-refractivity contribution < 1.29 is 9.47 Å². The molecule has 0 aliphatic carbocycles. The molecule has 1 aliphatic heterocycles. The normalized spacial score (nSPS) is 14.0. The third-order valence-electron chi connectivity index (χ3n) is 3.69. The number of thiocarbonyl (C=S) groups is 1. The number of rotatable bonds is 7. The molecule has 1 aromatic carbocycles. The Kier molecular flexibility index (Phi) is 6.31. The first-order valence-corrected chi connectivity index (χ1v) is 8.38. The second kappa shape index (κ2) is 8.22. The topological polar surface area (TPSA) is 42.5 Å². The van der Waals surface area contributed by atoms with Crippen LogP contribution in [-0.2, 0) is 6.54 Å². The Morgan fingerprint density at radius 3 is 2.73 bits per heavy atom. The average Bonchev–Trinajstić information content (AvgIpc) is 2.92. The molecule has 2 rings (SSSR count). The molecule has 4 nitrogen and oxygen atoms in total. The minimum absolute atomic E-state index is 0.306. The van der Waals surface area contributed by atoms with Crippen molar-refractivity contribution in [2.75, 3.05) is 6.79 Å². The monoisotopic (exact) mass is 322 g/mol. The van der Waals surface area contributed by atoms with Gasteiger partial charge in [-0.15, -0.1) is 0 Å². The average molecular weight is 322 g/mol. The van der Waals surface area contributed by atoms with Gasteiger partial charge in [0.2, 0.25) is 6.79 Å². The maximum atomic E-state index is 5.38. The van der Waals surface area contributed by atoms with E-state index in [1.54, 1.807) is 0 Å². The fourth-order valence-electron chi connectivity index (χ4n) is 2.41. The summed E-state index contributed by atoms with van der Waals surface area (Å²) in [5.41, 5.74) is 1.13. The molecule has 22 heavy (non-hydrogen) atoms. The van der Waals surface area contributed by atoms with Gasteiger partial charge in [0.1, 0.15) is 0 Å². The summed E-state index contributed by atoms with van der Waals surface area (Å²) in [4.78, 5) is 0. The zero-order valence-electron chi connectivity index (χ0n) is 13.6. The van der Waals surface area contributed by atoms with E-state index in [0.717, 1.165) is 29.4 Å². The largest absolute Gasteiger partial charge is 0.454 e. The first-order chi connectivity index (χ1) is 10.5. The summed E-state index contributed by atoms with van der Waals surface area (Å²) in [6, 6.07) is 6.35. The standard InChI is InChI=1S/C17H26N2O2S/c1-12(2)5-4-6-13(3)19-17(22)18-10-14-7-8-15-16(9-14)21-11-20-15/h7-9,12-13H,4-6,10-11H2,1-3H3,(H2,18,19,22)/t13-/m1/s1. The van der Waals surface area contributed by atoms with Gasteiger partial charge in [-0.3, -0.25) is 0 Å². The Hall–Kier alpha value is -1.49. The molecule has 0 spiro atoms. The summed E-state index contributed by atoms with van der Waals surface area (Å²) in [6.07, 6.45) is 3.64. The highest BCUT2D eigenvalue weighted by atomic mass is 32.1. The SMILES string of the molecule is CC(C)CCC[C@@H](C)NC(=S)NCc1ccc2c(c1)OCO2. The molecule has 0 amide bonds. The van der Waals surface area contributed by atoms with Crippen LogP contribution in [0, 0.1) is 5.92 Å². The van der Waals surface area contributed by atoms with Crippen LogP contribution in [0.3, 0.4) is 0 Å². The molecule has 1 heterocycles. The molecule has 0 aromatic heterocycles. The summed E-state index contributed by atoms with van der Waals surface area (Å²) in [5, 5.41) is 7.29. The molecule has 2 N–H and O–H groups in total. The van der Waals surface area contributed by atoms with Crippen LogP contribution >= 0.6 is 12.2 Å². The van der Waals surface area contributed by atoms with Crippen LogP contribution in [0.1, 0.15) is 45.6 Å². The highest BCUT2D eigenvalue weighted by molar-refractivity contribution is 7.80. The predicted molar refractivity (Wildman–Crippen MR) is 93.3 cm³/mol. The van der Waals surface area contributed by atoms with Crippen molar-refractivity contribution in [1.82, 2.24) is 10.6 Å². The van der Waals surface area contributed by atoms with Crippen LogP contribution in [0.5, 0.6) is 11.5 Å². The Balaban J connectivity index is 1.69. The summed E-state index contributed by atoms with van der Waals surface area (Å²) >= 11 is 5.35. The van der Waals surface area contributed by atoms with Crippen LogP contribution in [-0.4, -0.2) is 17.9 Å². The summed E-state index contributed by atoms with van der Waals surface area (Å²) in [5.74, 6) is 2.38. The van der Waals surface area contributed by atoms with Gasteiger partial charge in [0.25, 0.3) is 0 Å². The summed E-state index contributed by atoms with van der Waals surface area (Å²) in [7, 11) is 0. The van der Waals surface area contributed by atoms with Crippen molar-refractivity contribution in [2.45, 2.75) is 52.6 Å². The Morgan fingerprint density at radius 2 is 1.95 bits per heavy atom. The van der Waals surface area contributed by atoms with Crippen LogP contribution in [0.25, 0.3) is 0 Å². The van der Waals surface area contributed by atoms with Crippen LogP contribution in [0.15, 0.2) is 18.2 Å². The van der Waals surface area contributed by atoms with Gasteiger partial charge in [-0.05, 0) is 49.2 Å². The van der Waals surface area contributed by atoms with E-state index in [2.05, 4.69) is 31.4 Å². The highest BCUT2D eigenvalue weighted by Gasteiger charge is 2.13. The molecule has 0 unspecified atom stereocenters. The molecule has 1 aromatic rings. The van der Waals surface area contributed by atoms with Gasteiger partial charge in [0.05, 0.1) is 0 Å². The Bertz CT molecular complexity index is 505. The van der Waals surface area contributed by atoms with Crippen molar-refractivity contribution in [3.8, 4) is 11.5 Å². The van der Waals surface area contributed by atoms with E-state index in [0.29, 0.717) is 24.5 Å². The third kappa shape index (κ3) is 5.37. The van der Waals surface area contributed by atoms with Gasteiger partial charge in [-0.2, -0.15) is 0 Å². The molecule has 0 bridgehead atoms. The number of hydrogen-bond donors (Lipinski definition) is 2. The summed E-state index contributed by atoms with van der Waals surface area (Å²) < 4.78 is 10.7. The van der Waals surface area contributed by atoms with E-state index in [-0.39, 0.29) is 0 Å². The fraction of sp³-hybridized carbons (Fsp3) is 0.588. The number of benzene rings is 1. The molecular formula is C17H26N2O2S. The molecule has 0 saturated carbocycles. The molecule has 1 aliphatic rings. The van der Waals surface area contributed by atoms with Crippen molar-refractivity contribution >= 4 is 17.3 Å². The molecule has 0 saturated heterocycles. The van der Waals surface area contributed by atoms with Crippen molar-refractivity contribution in [2.24, 2.45) is 5.92 Å². The molecular weight excluding hydrogens is 296 g/mol. The van der Waals surface area contributed by atoms with Gasteiger partial charge in [0, 0.05) is 12.6 Å². The first-order valence-electron chi connectivity index (χ1n) is 7.97. The number of fused-ring (bicyclic) bond motifs is 1. The Labute approximate surface area is 138 Å². The molecule has 5 heteroatoms. The van der Waals surface area contributed by atoms with Crippen molar-refractivity contribution in [3.63, 3.8) is 0 Å². The molecule has 1 atom stereocenters. The zero-order chi connectivity index (χ0) is 15.9. The zero-order valence-corrected chi connectivity index (χ0v) is 14.5. The molecule has 122 valence electrons. The number of ether oxygens (including phenoxy) is 2. The van der Waals surface area contributed by atoms with Gasteiger partial charge in [0.15, 0.2) is 16.6 Å². The van der Waals surface area contributed by atoms with Gasteiger partial charge >= 0.3 is 0 Å². The van der Waals surface area contributed by atoms with E-state index in [1.165, 1.54) is 12.8 Å². The summed E-state index contributed by atoms with van der Waals surface area (Å²) in [6.45, 7) is 7.68. The molecule has 0 fully saturated rings. The van der Waals surface area contributed by atoms with Crippen LogP contribution < -0.4 is 20.1 Å². The van der Waals surface area contributed by atoms with E-state index >= 15 is 0 Å². The lowest BCUT2D eigenvalue weighted by Crippen LogP contribution is -2.40. The first kappa shape index (κ1) is 16.9. The van der Waals surface area contributed by atoms with Gasteiger partial charge < -0.3 is 20.1 Å². The lowest BCUT2D eigenvalue weighted by Gasteiger charge is -2.17. The van der Waals surface area contributed by atoms with Gasteiger partial charge in [-0.25, -0.2) is 0 Å². The smallest absolute Gasteiger partial charge is 0.231 e. The van der Waals surface area contributed by atoms with Gasteiger partial charge in [-0.1, -0.05) is 32.8 Å². The second-order valence-electron chi connectivity index (χ2n) is 6.24. The lowest BCUT2D eigenvalue weighted by molar-refractivity contribution is 0.174. The van der Waals surface area contributed by atoms with Crippen LogP contribution in [0.2, 0.25) is 0 Å². The third-order valence-corrected chi connectivity index (χ3v) is 3.95. The van der Waals surface area contributed by atoms with Crippen LogP contribution in [0.4, 0.5) is 0 Å². The van der Waals surface area contributed by atoms with E-state index in [9.17, 15) is 0 Å². The fourth-order valence-corrected chi connectivity index (χ4v) is 2.69. The highest BCUT2D eigenvalue weighted by Crippen LogP contribution is 2.32. The maximum absolute atomic E-state index is 5.38. The lowest BCUT2D eigenvalue weighted by atomic mass is 10.0. The predicted octanol–water partition coefficient (Wildman–Crippen LogP) is 3.59. The number of nitrogens with one attached hydrogen (secondary N) is 2. The maximum Gasteiger partial charge on any atom is 0.231 e. The van der Waals surface area contributed by atoms with Crippen molar-refractivity contribution in [1.29, 1.82) is 0 Å². The van der Waals surface area contributed by atoms with E-state index in [1.807, 2.05) is 18.2 Å². The van der Waals surface area contributed by atoms with Crippen molar-refractivity contribution in [3.05, 3.63) is 23.8 Å². The Morgan fingerprint density at radius 1 is 1.18 bits per heavy atom. The number of hydrogen-bond acceptors (Lipinski definition) is 3. The van der Waals surface area contributed by atoms with E-state index in [4.69, 9.17) is 21.7 Å². The van der Waals surface area contributed by atoms with E-state index < -0.39 is 0 Å². The second-order valence-corrected chi connectivity index (χ2v) is 6.65. The minimum Gasteiger partial charge on any atom is -0.454 e.